The largest absolute Gasteiger partial charge is 0.334 e. The average Bonchev–Trinajstić information content (AvgIpc) is 3.33. The number of hydrogen-bond acceptors (Lipinski definition) is 3. The highest BCUT2D eigenvalue weighted by Crippen LogP contribution is 2.26. The fourth-order valence-electron chi connectivity index (χ4n) is 5.07. The van der Waals surface area contributed by atoms with Crippen LogP contribution in [0.2, 0.25) is 0 Å². The molecule has 0 aliphatic carbocycles. The summed E-state index contributed by atoms with van der Waals surface area (Å²) in [5, 5.41) is 0. The molecule has 0 N–H and O–H groups in total. The molecule has 3 aliphatic heterocycles. The van der Waals surface area contributed by atoms with Crippen LogP contribution in [0, 0.1) is 5.92 Å². The van der Waals surface area contributed by atoms with Gasteiger partial charge in [0.05, 0.1) is 0 Å². The molecule has 2 fully saturated rings. The number of fused-ring (bicyclic) bond motifs is 1. The van der Waals surface area contributed by atoms with Crippen molar-refractivity contribution in [3.05, 3.63) is 65.7 Å². The number of rotatable bonds is 6. The summed E-state index contributed by atoms with van der Waals surface area (Å²) in [4.78, 5) is 33.7. The van der Waals surface area contributed by atoms with Gasteiger partial charge >= 0.3 is 6.03 Å². The van der Waals surface area contributed by atoms with Gasteiger partial charge < -0.3 is 14.7 Å². The summed E-state index contributed by atoms with van der Waals surface area (Å²) in [6, 6.07) is 18.0. The van der Waals surface area contributed by atoms with Gasteiger partial charge in [0.15, 0.2) is 0 Å². The number of para-hydroxylation sites is 1. The van der Waals surface area contributed by atoms with Gasteiger partial charge in [0.1, 0.15) is 0 Å². The van der Waals surface area contributed by atoms with Gasteiger partial charge in [0.2, 0.25) is 0 Å². The first-order valence-electron chi connectivity index (χ1n) is 11.4. The Morgan fingerprint density at radius 1 is 0.774 bits per heavy atom. The van der Waals surface area contributed by atoms with Crippen molar-refractivity contribution in [2.24, 2.45) is 5.92 Å². The maximum atomic E-state index is 12.7. The van der Waals surface area contributed by atoms with E-state index in [1.807, 2.05) is 63.2 Å². The third-order valence-corrected chi connectivity index (χ3v) is 6.93. The average molecular weight is 419 g/mol. The van der Waals surface area contributed by atoms with Crippen LogP contribution in [0.25, 0.3) is 0 Å². The maximum absolute atomic E-state index is 12.7. The molecule has 0 unspecified atom stereocenters. The van der Waals surface area contributed by atoms with Crippen LogP contribution in [-0.2, 0) is 6.54 Å². The van der Waals surface area contributed by atoms with E-state index < -0.39 is 0 Å². The molecular weight excluding hydrogens is 388 g/mol. The van der Waals surface area contributed by atoms with Crippen LogP contribution in [0.15, 0.2) is 54.6 Å². The zero-order valence-electron chi connectivity index (χ0n) is 17.9. The Balaban J connectivity index is 1.06. The van der Waals surface area contributed by atoms with Crippen LogP contribution in [0.1, 0.15) is 28.8 Å². The second-order valence-electron chi connectivity index (χ2n) is 8.88. The minimum Gasteiger partial charge on any atom is -0.334 e. The van der Waals surface area contributed by atoms with Crippen molar-refractivity contribution in [2.75, 3.05) is 50.7 Å². The third kappa shape index (κ3) is 4.17. The Bertz CT molecular complexity index is 940. The van der Waals surface area contributed by atoms with Crippen molar-refractivity contribution < 1.29 is 9.59 Å². The van der Waals surface area contributed by atoms with Crippen molar-refractivity contribution in [1.29, 1.82) is 0 Å². The van der Waals surface area contributed by atoms with Crippen molar-refractivity contribution in [2.45, 2.75) is 19.4 Å². The summed E-state index contributed by atoms with van der Waals surface area (Å²) in [6.07, 6.45) is 2.23. The van der Waals surface area contributed by atoms with E-state index in [-0.39, 0.29) is 11.9 Å². The molecule has 2 saturated heterocycles. The second-order valence-corrected chi connectivity index (χ2v) is 8.88. The minimum absolute atomic E-state index is 0.119. The van der Waals surface area contributed by atoms with Gasteiger partial charge in [-0.1, -0.05) is 36.4 Å². The van der Waals surface area contributed by atoms with Gasteiger partial charge in [-0.05, 0) is 55.6 Å². The number of amides is 3. The molecule has 162 valence electrons. The van der Waals surface area contributed by atoms with Crippen LogP contribution in [0.3, 0.4) is 0 Å². The van der Waals surface area contributed by atoms with Gasteiger partial charge in [-0.2, -0.15) is 0 Å². The molecule has 3 aliphatic rings. The van der Waals surface area contributed by atoms with Crippen LogP contribution >= 0.6 is 0 Å². The number of urea groups is 1. The molecule has 0 aromatic heterocycles. The molecule has 6 heteroatoms. The Morgan fingerprint density at radius 2 is 1.52 bits per heavy atom. The molecule has 2 aromatic carbocycles. The fraction of sp³-hybridized carbons (Fsp3) is 0.440. The molecule has 5 rings (SSSR count). The predicted molar refractivity (Wildman–Crippen MR) is 121 cm³/mol. The lowest BCUT2D eigenvalue weighted by Crippen LogP contribution is -2.43. The van der Waals surface area contributed by atoms with E-state index >= 15 is 0 Å². The lowest BCUT2D eigenvalue weighted by molar-refractivity contribution is 0.0712. The topological polar surface area (TPSA) is 47.1 Å². The SMILES string of the molecule is O=C1c2ccccc2CN1CC1CCN(CCN2CCN(c3ccccc3)C2=O)CC1. The van der Waals surface area contributed by atoms with Gasteiger partial charge in [-0.25, -0.2) is 4.79 Å². The Kier molecular flexibility index (Phi) is 5.64. The maximum Gasteiger partial charge on any atom is 0.324 e. The zero-order valence-corrected chi connectivity index (χ0v) is 17.9. The molecule has 6 nitrogen and oxygen atoms in total. The van der Waals surface area contributed by atoms with Gasteiger partial charge in [-0.3, -0.25) is 9.69 Å². The van der Waals surface area contributed by atoms with Gasteiger partial charge in [-0.15, -0.1) is 0 Å². The molecular formula is C25H30N4O2. The van der Waals surface area contributed by atoms with E-state index in [0.29, 0.717) is 5.92 Å². The number of anilines is 1. The van der Waals surface area contributed by atoms with Crippen molar-refractivity contribution in [3.63, 3.8) is 0 Å². The first kappa shape index (κ1) is 20.1. The number of carbonyl (C=O) groups excluding carboxylic acids is 2. The smallest absolute Gasteiger partial charge is 0.324 e. The molecule has 0 atom stereocenters. The molecule has 3 amide bonds. The summed E-state index contributed by atoms with van der Waals surface area (Å²) >= 11 is 0. The van der Waals surface area contributed by atoms with Gasteiger partial charge in [0, 0.05) is 50.5 Å². The van der Waals surface area contributed by atoms with Gasteiger partial charge in [0.25, 0.3) is 5.91 Å². The monoisotopic (exact) mass is 418 g/mol. The molecule has 31 heavy (non-hydrogen) atoms. The molecule has 0 bridgehead atoms. The quantitative estimate of drug-likeness (QED) is 0.723. The van der Waals surface area contributed by atoms with Crippen molar-refractivity contribution in [1.82, 2.24) is 14.7 Å². The van der Waals surface area contributed by atoms with E-state index in [1.165, 1.54) is 0 Å². The second kappa shape index (κ2) is 8.71. The highest BCUT2D eigenvalue weighted by atomic mass is 16.2. The number of nitrogens with zero attached hydrogens (tertiary/aromatic N) is 4. The Morgan fingerprint density at radius 3 is 2.29 bits per heavy atom. The first-order valence-corrected chi connectivity index (χ1v) is 11.4. The highest BCUT2D eigenvalue weighted by Gasteiger charge is 2.32. The minimum atomic E-state index is 0.119. The summed E-state index contributed by atoms with van der Waals surface area (Å²) in [5.41, 5.74) is 3.01. The van der Waals surface area contributed by atoms with Crippen LogP contribution in [-0.4, -0.2) is 72.5 Å². The molecule has 3 heterocycles. The molecule has 0 radical (unpaired) electrons. The third-order valence-electron chi connectivity index (χ3n) is 6.93. The number of carbonyl (C=O) groups is 2. The van der Waals surface area contributed by atoms with E-state index in [1.54, 1.807) is 0 Å². The summed E-state index contributed by atoms with van der Waals surface area (Å²) < 4.78 is 0. The first-order chi connectivity index (χ1) is 15.2. The normalized spacial score (nSPS) is 20.1. The van der Waals surface area contributed by atoms with Crippen LogP contribution in [0.5, 0.6) is 0 Å². The number of piperidine rings is 1. The summed E-state index contributed by atoms with van der Waals surface area (Å²) in [5.74, 6) is 0.755. The van der Waals surface area contributed by atoms with E-state index in [0.717, 1.165) is 82.0 Å². The number of benzene rings is 2. The lowest BCUT2D eigenvalue weighted by atomic mass is 9.96. The predicted octanol–water partition coefficient (Wildman–Crippen LogP) is 3.30. The van der Waals surface area contributed by atoms with E-state index in [4.69, 9.17) is 0 Å². The Labute approximate surface area is 184 Å². The molecule has 2 aromatic rings. The molecule has 0 saturated carbocycles. The van der Waals surface area contributed by atoms with E-state index in [9.17, 15) is 9.59 Å². The Hall–Kier alpha value is -2.86. The number of likely N-dealkylation sites (tertiary alicyclic amines) is 1. The standard InChI is InChI=1S/C25H30N4O2/c30-24-23-9-5-4-6-21(23)19-28(24)18-20-10-12-26(13-11-20)14-15-27-16-17-29(25(27)31)22-7-2-1-3-8-22/h1-9,20H,10-19H2. The van der Waals surface area contributed by atoms with Crippen LogP contribution in [0.4, 0.5) is 10.5 Å². The number of hydrogen-bond donors (Lipinski definition) is 0. The van der Waals surface area contributed by atoms with Crippen molar-refractivity contribution >= 4 is 17.6 Å². The molecule has 0 spiro atoms. The fourth-order valence-corrected chi connectivity index (χ4v) is 5.07. The van der Waals surface area contributed by atoms with E-state index in [2.05, 4.69) is 11.0 Å². The van der Waals surface area contributed by atoms with Crippen LogP contribution < -0.4 is 4.90 Å². The van der Waals surface area contributed by atoms with Crippen molar-refractivity contribution in [3.8, 4) is 0 Å². The zero-order chi connectivity index (χ0) is 21.2. The summed E-state index contributed by atoms with van der Waals surface area (Å²) in [7, 11) is 0. The highest BCUT2D eigenvalue weighted by molar-refractivity contribution is 5.98. The lowest BCUT2D eigenvalue weighted by Gasteiger charge is -2.34. The summed E-state index contributed by atoms with van der Waals surface area (Å²) in [6.45, 7) is 6.97.